The van der Waals surface area contributed by atoms with Crippen LogP contribution < -0.4 is 0 Å². The molecular weight excluding hydrogens is 344 g/mol. The van der Waals surface area contributed by atoms with Gasteiger partial charge in [-0.05, 0) is 30.1 Å². The fraction of sp³-hybridized carbons (Fsp3) is 0.600. The number of nitriles is 1. The Labute approximate surface area is 158 Å². The summed E-state index contributed by atoms with van der Waals surface area (Å²) in [6.07, 6.45) is 0.604. The van der Waals surface area contributed by atoms with Crippen molar-refractivity contribution in [1.82, 2.24) is 4.90 Å². The fourth-order valence-electron chi connectivity index (χ4n) is 2.88. The van der Waals surface area contributed by atoms with Gasteiger partial charge in [0, 0.05) is 6.54 Å². The molecule has 1 aromatic rings. The first kappa shape index (κ1) is 20.5. The molecule has 1 aromatic carbocycles. The quantitative estimate of drug-likeness (QED) is 0.701. The average molecular weight is 375 g/mol. The standard InChI is InChI=1S/C20H30N2O3Si/c1-20(2,3)26(4,5)25-18-13-17(11-12-21)22(14-18)19(23)24-15-16-9-7-6-8-10-16/h6-10,17-18H,11,13-15H2,1-5H3/t17-,18-/m1/s1. The molecule has 2 atom stereocenters. The predicted molar refractivity (Wildman–Crippen MR) is 104 cm³/mol. The number of ether oxygens (including phenoxy) is 1. The number of carbonyl (C=O) groups excluding carboxylic acids is 1. The van der Waals surface area contributed by atoms with Crippen LogP contribution in [0.15, 0.2) is 30.3 Å². The molecule has 0 aromatic heterocycles. The van der Waals surface area contributed by atoms with Crippen molar-refractivity contribution in [2.75, 3.05) is 6.54 Å². The number of amides is 1. The zero-order chi connectivity index (χ0) is 19.4. The van der Waals surface area contributed by atoms with E-state index in [1.54, 1.807) is 4.90 Å². The van der Waals surface area contributed by atoms with Gasteiger partial charge in [-0.25, -0.2) is 4.79 Å². The highest BCUT2D eigenvalue weighted by Gasteiger charge is 2.43. The second-order valence-corrected chi connectivity index (χ2v) is 13.2. The molecule has 5 nitrogen and oxygen atoms in total. The van der Waals surface area contributed by atoms with Gasteiger partial charge in [0.1, 0.15) is 6.61 Å². The van der Waals surface area contributed by atoms with E-state index in [9.17, 15) is 4.79 Å². The van der Waals surface area contributed by atoms with Crippen LogP contribution >= 0.6 is 0 Å². The molecule has 6 heteroatoms. The maximum Gasteiger partial charge on any atom is 0.410 e. The fourth-order valence-corrected chi connectivity index (χ4v) is 4.23. The highest BCUT2D eigenvalue weighted by molar-refractivity contribution is 6.74. The minimum Gasteiger partial charge on any atom is -0.445 e. The second kappa shape index (κ2) is 8.23. The van der Waals surface area contributed by atoms with Crippen LogP contribution in [0.3, 0.4) is 0 Å². The summed E-state index contributed by atoms with van der Waals surface area (Å²) in [6, 6.07) is 11.7. The van der Waals surface area contributed by atoms with Gasteiger partial charge in [0.25, 0.3) is 0 Å². The molecule has 0 N–H and O–H groups in total. The largest absolute Gasteiger partial charge is 0.445 e. The summed E-state index contributed by atoms with van der Waals surface area (Å²) in [5.41, 5.74) is 0.950. The minimum atomic E-state index is -1.92. The van der Waals surface area contributed by atoms with Crippen molar-refractivity contribution in [3.8, 4) is 6.07 Å². The van der Waals surface area contributed by atoms with Crippen molar-refractivity contribution in [1.29, 1.82) is 5.26 Å². The lowest BCUT2D eigenvalue weighted by Gasteiger charge is -2.38. The second-order valence-electron chi connectivity index (χ2n) is 8.44. The Morgan fingerprint density at radius 2 is 1.96 bits per heavy atom. The first-order valence-electron chi connectivity index (χ1n) is 9.16. The predicted octanol–water partition coefficient (Wildman–Crippen LogP) is 4.70. The van der Waals surface area contributed by atoms with E-state index < -0.39 is 8.32 Å². The monoisotopic (exact) mass is 374 g/mol. The van der Waals surface area contributed by atoms with Gasteiger partial charge < -0.3 is 14.1 Å². The molecule has 1 heterocycles. The first-order chi connectivity index (χ1) is 12.1. The number of nitrogens with zero attached hydrogens (tertiary/aromatic N) is 2. The summed E-state index contributed by atoms with van der Waals surface area (Å²) in [6.45, 7) is 11.8. The van der Waals surface area contributed by atoms with E-state index in [0.717, 1.165) is 5.56 Å². The van der Waals surface area contributed by atoms with Crippen molar-refractivity contribution in [3.63, 3.8) is 0 Å². The first-order valence-corrected chi connectivity index (χ1v) is 12.1. The lowest BCUT2D eigenvalue weighted by Crippen LogP contribution is -2.44. The Hall–Kier alpha value is -1.84. The molecule has 1 aliphatic rings. The van der Waals surface area contributed by atoms with Crippen molar-refractivity contribution < 1.29 is 14.0 Å². The number of carbonyl (C=O) groups is 1. The van der Waals surface area contributed by atoms with Crippen LogP contribution in [0.1, 0.15) is 39.2 Å². The highest BCUT2D eigenvalue weighted by Crippen LogP contribution is 2.39. The summed E-state index contributed by atoms with van der Waals surface area (Å²) in [7, 11) is -1.92. The molecule has 1 saturated heterocycles. The Balaban J connectivity index is 2.00. The van der Waals surface area contributed by atoms with Crippen LogP contribution in [0, 0.1) is 11.3 Å². The Morgan fingerprint density at radius 1 is 1.31 bits per heavy atom. The van der Waals surface area contributed by atoms with Crippen molar-refractivity contribution in [2.45, 2.75) is 70.5 Å². The molecule has 1 amide bonds. The molecule has 142 valence electrons. The normalized spacial score (nSPS) is 20.7. The third-order valence-electron chi connectivity index (χ3n) is 5.41. The summed E-state index contributed by atoms with van der Waals surface area (Å²) in [4.78, 5) is 14.2. The number of hydrogen-bond acceptors (Lipinski definition) is 4. The summed E-state index contributed by atoms with van der Waals surface area (Å²) in [5, 5.41) is 9.23. The number of hydrogen-bond donors (Lipinski definition) is 0. The lowest BCUT2D eigenvalue weighted by molar-refractivity contribution is 0.0887. The van der Waals surface area contributed by atoms with Crippen LogP contribution in [-0.4, -0.2) is 38.0 Å². The average Bonchev–Trinajstić information content (AvgIpc) is 2.95. The molecule has 1 fully saturated rings. The van der Waals surface area contributed by atoms with Gasteiger partial charge >= 0.3 is 6.09 Å². The molecule has 0 spiro atoms. The molecule has 2 rings (SSSR count). The van der Waals surface area contributed by atoms with Gasteiger partial charge in [0.15, 0.2) is 8.32 Å². The van der Waals surface area contributed by atoms with Gasteiger partial charge in [-0.15, -0.1) is 0 Å². The Bertz CT molecular complexity index is 649. The minimum absolute atomic E-state index is 0.0292. The molecule has 0 bridgehead atoms. The van der Waals surface area contributed by atoms with Gasteiger partial charge in [-0.2, -0.15) is 5.26 Å². The molecular formula is C20H30N2O3Si. The Kier molecular flexibility index (Phi) is 6.48. The van der Waals surface area contributed by atoms with E-state index in [0.29, 0.717) is 19.4 Å². The third-order valence-corrected chi connectivity index (χ3v) is 9.95. The van der Waals surface area contributed by atoms with Crippen molar-refractivity contribution in [3.05, 3.63) is 35.9 Å². The van der Waals surface area contributed by atoms with Crippen molar-refractivity contribution >= 4 is 14.4 Å². The van der Waals surface area contributed by atoms with Crippen LogP contribution in [0.2, 0.25) is 18.1 Å². The van der Waals surface area contributed by atoms with Crippen LogP contribution in [-0.2, 0) is 15.8 Å². The van der Waals surface area contributed by atoms with Crippen molar-refractivity contribution in [2.24, 2.45) is 0 Å². The smallest absolute Gasteiger partial charge is 0.410 e. The SMILES string of the molecule is CC(C)(C)[Si](C)(C)O[C@@H]1C[C@@H](CC#N)N(C(=O)OCc2ccccc2)C1. The van der Waals surface area contributed by atoms with E-state index >= 15 is 0 Å². The molecule has 0 unspecified atom stereocenters. The Morgan fingerprint density at radius 3 is 2.54 bits per heavy atom. The highest BCUT2D eigenvalue weighted by atomic mass is 28.4. The molecule has 0 saturated carbocycles. The number of rotatable bonds is 5. The molecule has 0 radical (unpaired) electrons. The molecule has 0 aliphatic carbocycles. The zero-order valence-corrected chi connectivity index (χ0v) is 17.5. The zero-order valence-electron chi connectivity index (χ0n) is 16.5. The topological polar surface area (TPSA) is 62.6 Å². The summed E-state index contributed by atoms with van der Waals surface area (Å²) < 4.78 is 11.9. The number of benzene rings is 1. The van der Waals surface area contributed by atoms with Crippen LogP contribution in [0.25, 0.3) is 0 Å². The van der Waals surface area contributed by atoms with E-state index in [-0.39, 0.29) is 29.9 Å². The van der Waals surface area contributed by atoms with E-state index in [2.05, 4.69) is 39.9 Å². The van der Waals surface area contributed by atoms with Crippen LogP contribution in [0.5, 0.6) is 0 Å². The van der Waals surface area contributed by atoms with Gasteiger partial charge in [-0.1, -0.05) is 51.1 Å². The van der Waals surface area contributed by atoms with Gasteiger partial charge in [0.05, 0.1) is 24.6 Å². The maximum atomic E-state index is 12.6. The molecule has 26 heavy (non-hydrogen) atoms. The van der Waals surface area contributed by atoms with Gasteiger partial charge in [0.2, 0.25) is 0 Å². The van der Waals surface area contributed by atoms with E-state index in [1.807, 2.05) is 30.3 Å². The van der Waals surface area contributed by atoms with Crippen LogP contribution in [0.4, 0.5) is 4.79 Å². The maximum absolute atomic E-state index is 12.6. The third kappa shape index (κ3) is 5.09. The molecule has 1 aliphatic heterocycles. The number of likely N-dealkylation sites (tertiary alicyclic amines) is 1. The van der Waals surface area contributed by atoms with E-state index in [1.165, 1.54) is 0 Å². The van der Waals surface area contributed by atoms with Gasteiger partial charge in [-0.3, -0.25) is 0 Å². The summed E-state index contributed by atoms with van der Waals surface area (Å²) in [5.74, 6) is 0. The lowest BCUT2D eigenvalue weighted by atomic mass is 10.1. The van der Waals surface area contributed by atoms with E-state index in [4.69, 9.17) is 14.4 Å². The summed E-state index contributed by atoms with van der Waals surface area (Å²) >= 11 is 0.